The number of pyridine rings is 1. The van der Waals surface area contributed by atoms with E-state index in [1.54, 1.807) is 16.8 Å². The first kappa shape index (κ1) is 29.4. The molecule has 0 amide bonds. The van der Waals surface area contributed by atoms with Crippen LogP contribution >= 0.6 is 0 Å². The molecule has 43 heavy (non-hydrogen) atoms. The zero-order valence-corrected chi connectivity index (χ0v) is 26.1. The molecule has 0 bridgehead atoms. The Bertz CT molecular complexity index is 1950. The molecule has 9 nitrogen and oxygen atoms in total. The van der Waals surface area contributed by atoms with E-state index in [0.717, 1.165) is 46.3 Å². The van der Waals surface area contributed by atoms with Crippen LogP contribution in [0.15, 0.2) is 53.6 Å². The predicted octanol–water partition coefficient (Wildman–Crippen LogP) is 1.56. The van der Waals surface area contributed by atoms with Gasteiger partial charge in [0.2, 0.25) is 0 Å². The van der Waals surface area contributed by atoms with Crippen molar-refractivity contribution < 1.29 is 22.3 Å². The third-order valence-electron chi connectivity index (χ3n) is 8.34. The Labute approximate surface area is 252 Å². The second-order valence-corrected chi connectivity index (χ2v) is 14.4. The Balaban J connectivity index is 1.75. The van der Waals surface area contributed by atoms with Gasteiger partial charge in [0.15, 0.2) is 9.84 Å². The standard InChI is InChI=1S/C29H33B3FN5O4S/c1-37-27(28(35-36-37)29(30,31)32)18-12-22-25(34-15-18)24-21(13-20(43(3,39)40)14-23(24)41-2)38(22)26(17-8-10-42-11-9-17)16-4-6-19(33)7-5-16/h4-7,12-15,17,26H,8-11,30-32H2,1-3H3/t26-/m1/s1. The average molecular weight is 599 g/mol. The summed E-state index contributed by atoms with van der Waals surface area (Å²) in [5, 5.41) is 9.26. The van der Waals surface area contributed by atoms with Crippen LogP contribution in [0.2, 0.25) is 0 Å². The molecule has 0 aliphatic carbocycles. The van der Waals surface area contributed by atoms with Gasteiger partial charge in [0, 0.05) is 38.3 Å². The first-order valence-electron chi connectivity index (χ1n) is 14.3. The van der Waals surface area contributed by atoms with Gasteiger partial charge in [0.05, 0.1) is 74.9 Å². The minimum absolute atomic E-state index is 0.137. The fourth-order valence-electron chi connectivity index (χ4n) is 6.28. The Morgan fingerprint density at radius 2 is 1.79 bits per heavy atom. The van der Waals surface area contributed by atoms with E-state index in [1.807, 2.05) is 25.4 Å². The van der Waals surface area contributed by atoms with Crippen molar-refractivity contribution >= 4 is 55.3 Å². The molecule has 5 aromatic rings. The van der Waals surface area contributed by atoms with Gasteiger partial charge in [-0.3, -0.25) is 4.98 Å². The fraction of sp³-hybridized carbons (Fsp3) is 0.345. The first-order chi connectivity index (χ1) is 20.4. The van der Waals surface area contributed by atoms with Gasteiger partial charge in [-0.15, -0.1) is 5.10 Å². The SMILES string of the molecule is BC(B)(B)c1nnn(C)c1-c1cnc2c3c(OC)cc(S(C)(=O)=O)cc3n([C@H](c3ccc(F)cc3)C3CCOCC3)c2c1. The zero-order valence-electron chi connectivity index (χ0n) is 25.3. The second kappa shape index (κ2) is 10.8. The number of ether oxygens (including phenoxy) is 2. The van der Waals surface area contributed by atoms with E-state index < -0.39 is 9.84 Å². The molecule has 14 heteroatoms. The highest BCUT2D eigenvalue weighted by atomic mass is 32.2. The first-order valence-corrected chi connectivity index (χ1v) is 16.2. The third-order valence-corrected chi connectivity index (χ3v) is 9.43. The zero-order chi connectivity index (χ0) is 30.7. The van der Waals surface area contributed by atoms with E-state index in [1.165, 1.54) is 25.5 Å². The van der Waals surface area contributed by atoms with Crippen molar-refractivity contribution in [3.8, 4) is 17.0 Å². The summed E-state index contributed by atoms with van der Waals surface area (Å²) in [4.78, 5) is 5.13. The number of hydrogen-bond acceptors (Lipinski definition) is 7. The number of nitrogens with zero attached hydrogens (tertiary/aromatic N) is 5. The summed E-state index contributed by atoms with van der Waals surface area (Å²) in [6, 6.07) is 11.6. The number of halogens is 1. The van der Waals surface area contributed by atoms with E-state index in [4.69, 9.17) is 14.5 Å². The lowest BCUT2D eigenvalue weighted by Gasteiger charge is -2.33. The van der Waals surface area contributed by atoms with E-state index in [-0.39, 0.29) is 27.8 Å². The highest BCUT2D eigenvalue weighted by Gasteiger charge is 2.32. The second-order valence-electron chi connectivity index (χ2n) is 12.4. The number of rotatable bonds is 7. The van der Waals surface area contributed by atoms with Gasteiger partial charge in [-0.1, -0.05) is 22.5 Å². The van der Waals surface area contributed by atoms with E-state index in [0.29, 0.717) is 30.0 Å². The smallest absolute Gasteiger partial charge is 0.175 e. The van der Waals surface area contributed by atoms with Crippen LogP contribution in [-0.2, 0) is 26.7 Å². The monoisotopic (exact) mass is 599 g/mol. The normalized spacial score (nSPS) is 15.7. The molecule has 0 saturated carbocycles. The molecule has 1 fully saturated rings. The minimum atomic E-state index is -3.58. The molecule has 0 radical (unpaired) electrons. The maximum absolute atomic E-state index is 14.2. The Kier molecular flexibility index (Phi) is 7.41. The van der Waals surface area contributed by atoms with Crippen molar-refractivity contribution in [1.29, 1.82) is 0 Å². The van der Waals surface area contributed by atoms with E-state index >= 15 is 0 Å². The Hall–Kier alpha value is -3.64. The highest BCUT2D eigenvalue weighted by Crippen LogP contribution is 2.44. The number of benzene rings is 2. The van der Waals surface area contributed by atoms with Crippen LogP contribution in [0.3, 0.4) is 0 Å². The summed E-state index contributed by atoms with van der Waals surface area (Å²) in [5.74, 6) is 0.238. The molecule has 1 atom stereocenters. The van der Waals surface area contributed by atoms with Crippen molar-refractivity contribution in [3.05, 3.63) is 65.7 Å². The lowest BCUT2D eigenvalue weighted by atomic mass is 9.41. The number of hydrogen-bond donors (Lipinski definition) is 0. The summed E-state index contributed by atoms with van der Waals surface area (Å²) >= 11 is 0. The van der Waals surface area contributed by atoms with Crippen molar-refractivity contribution in [2.24, 2.45) is 13.0 Å². The molecular formula is C29H33B3FN5O4S. The molecule has 220 valence electrons. The summed E-state index contributed by atoms with van der Waals surface area (Å²) in [6.07, 6.45) is 4.58. The topological polar surface area (TPSA) is 101 Å². The van der Waals surface area contributed by atoms with Crippen LogP contribution in [0.25, 0.3) is 33.2 Å². The highest BCUT2D eigenvalue weighted by molar-refractivity contribution is 7.90. The Morgan fingerprint density at radius 3 is 2.42 bits per heavy atom. The molecule has 0 N–H and O–H groups in total. The van der Waals surface area contributed by atoms with Crippen LogP contribution < -0.4 is 4.74 Å². The number of sulfone groups is 1. The van der Waals surface area contributed by atoms with Crippen LogP contribution in [0.1, 0.15) is 30.1 Å². The molecule has 1 saturated heterocycles. The summed E-state index contributed by atoms with van der Waals surface area (Å²) < 4.78 is 55.4. The quantitative estimate of drug-likeness (QED) is 0.262. The Morgan fingerprint density at radius 1 is 1.09 bits per heavy atom. The number of methoxy groups -OCH3 is 1. The van der Waals surface area contributed by atoms with Gasteiger partial charge in [0.1, 0.15) is 11.6 Å². The van der Waals surface area contributed by atoms with Gasteiger partial charge >= 0.3 is 0 Å². The van der Waals surface area contributed by atoms with Gasteiger partial charge in [-0.2, -0.15) is 0 Å². The van der Waals surface area contributed by atoms with Crippen molar-refractivity contribution in [2.45, 2.75) is 28.9 Å². The molecule has 2 aromatic carbocycles. The molecule has 3 aromatic heterocycles. The van der Waals surface area contributed by atoms with E-state index in [2.05, 4.69) is 44.5 Å². The van der Waals surface area contributed by atoms with Crippen LogP contribution in [0.5, 0.6) is 5.75 Å². The fourth-order valence-corrected chi connectivity index (χ4v) is 6.92. The third kappa shape index (κ3) is 5.24. The van der Waals surface area contributed by atoms with Crippen LogP contribution in [0.4, 0.5) is 4.39 Å². The van der Waals surface area contributed by atoms with Gasteiger partial charge < -0.3 is 14.0 Å². The average Bonchev–Trinajstić information content (AvgIpc) is 3.52. The molecule has 0 spiro atoms. The summed E-state index contributed by atoms with van der Waals surface area (Å²) in [5.41, 5.74) is 5.61. The van der Waals surface area contributed by atoms with Gasteiger partial charge in [-0.25, -0.2) is 17.5 Å². The molecule has 6 rings (SSSR count). The number of aryl methyl sites for hydroxylation is 1. The summed E-state index contributed by atoms with van der Waals surface area (Å²) in [7, 11) is 6.10. The maximum atomic E-state index is 14.2. The molecular weight excluding hydrogens is 566 g/mol. The minimum Gasteiger partial charge on any atom is -0.496 e. The van der Waals surface area contributed by atoms with Crippen molar-refractivity contribution in [3.63, 3.8) is 0 Å². The molecule has 4 heterocycles. The number of aromatic nitrogens is 5. The van der Waals surface area contributed by atoms with Crippen LogP contribution in [-0.4, -0.2) is 83.1 Å². The summed E-state index contributed by atoms with van der Waals surface area (Å²) in [6.45, 7) is 1.22. The van der Waals surface area contributed by atoms with Crippen molar-refractivity contribution in [2.75, 3.05) is 26.6 Å². The lowest BCUT2D eigenvalue weighted by molar-refractivity contribution is 0.0552. The maximum Gasteiger partial charge on any atom is 0.175 e. The van der Waals surface area contributed by atoms with Gasteiger partial charge in [0.25, 0.3) is 0 Å². The van der Waals surface area contributed by atoms with Crippen LogP contribution in [0, 0.1) is 11.7 Å². The van der Waals surface area contributed by atoms with Gasteiger partial charge in [-0.05, 0) is 54.7 Å². The lowest BCUT2D eigenvalue weighted by Crippen LogP contribution is -2.28. The molecule has 1 aliphatic rings. The molecule has 0 unspecified atom stereocenters. The van der Waals surface area contributed by atoms with Crippen molar-refractivity contribution in [1.82, 2.24) is 24.5 Å². The largest absolute Gasteiger partial charge is 0.496 e. The van der Waals surface area contributed by atoms with E-state index in [9.17, 15) is 12.8 Å². The number of fused-ring (bicyclic) bond motifs is 3. The molecule has 1 aliphatic heterocycles. The predicted molar refractivity (Wildman–Crippen MR) is 172 cm³/mol.